The number of quaternary nitrogens is 1. The van der Waals surface area contributed by atoms with Gasteiger partial charge in [0.25, 0.3) is 0 Å². The number of carbonyl (C=O) groups is 1. The van der Waals surface area contributed by atoms with Gasteiger partial charge in [-0.2, -0.15) is 0 Å². The number of nitrogens with zero attached hydrogens (tertiary/aromatic N) is 1. The number of methoxy groups -OCH3 is 1. The van der Waals surface area contributed by atoms with Gasteiger partial charge < -0.3 is 9.47 Å². The summed E-state index contributed by atoms with van der Waals surface area (Å²) in [7, 11) is 8.06. The van der Waals surface area contributed by atoms with E-state index in [1.54, 1.807) is 7.11 Å². The highest BCUT2D eigenvalue weighted by Crippen LogP contribution is 2.25. The normalized spacial score (nSPS) is 12.8. The number of fused-ring (bicyclic) bond motifs is 1. The molecule has 4 nitrogen and oxygen atoms in total. The molecule has 0 aliphatic carbocycles. The maximum atomic E-state index is 12.3. The van der Waals surface area contributed by atoms with Crippen LogP contribution >= 0.6 is 11.9 Å². The van der Waals surface area contributed by atoms with Crippen LogP contribution in [-0.2, 0) is 9.53 Å². The Morgan fingerprint density at radius 2 is 1.80 bits per heavy atom. The summed E-state index contributed by atoms with van der Waals surface area (Å²) < 4.78 is 11.5. The first-order valence-electron chi connectivity index (χ1n) is 8.50. The predicted molar refractivity (Wildman–Crippen MR) is 105 cm³/mol. The SMILES string of the molecule is COc1ccc2cc([C@H](C)C(=O)OCCCS[N+](C)(C)C)ccc2c1. The quantitative estimate of drug-likeness (QED) is 0.305. The zero-order chi connectivity index (χ0) is 18.4. The Morgan fingerprint density at radius 3 is 2.48 bits per heavy atom. The molecule has 0 aliphatic rings. The highest BCUT2D eigenvalue weighted by Gasteiger charge is 2.17. The van der Waals surface area contributed by atoms with Crippen molar-refractivity contribution in [1.82, 2.24) is 0 Å². The van der Waals surface area contributed by atoms with Gasteiger partial charge in [0.1, 0.15) is 5.75 Å². The molecule has 0 saturated carbocycles. The third-order valence-electron chi connectivity index (χ3n) is 3.94. The van der Waals surface area contributed by atoms with Crippen LogP contribution in [-0.4, -0.2) is 50.5 Å². The molecule has 0 heterocycles. The molecule has 0 unspecified atom stereocenters. The largest absolute Gasteiger partial charge is 0.497 e. The molecule has 5 heteroatoms. The smallest absolute Gasteiger partial charge is 0.313 e. The first-order chi connectivity index (χ1) is 11.8. The molecule has 2 aromatic carbocycles. The molecular formula is C20H28NO3S+. The minimum absolute atomic E-state index is 0.164. The molecule has 0 bridgehead atoms. The maximum Gasteiger partial charge on any atom is 0.313 e. The van der Waals surface area contributed by atoms with E-state index in [4.69, 9.17) is 9.47 Å². The number of rotatable bonds is 8. The second-order valence-electron chi connectivity index (χ2n) is 6.94. The van der Waals surface area contributed by atoms with Crippen molar-refractivity contribution in [2.24, 2.45) is 0 Å². The summed E-state index contributed by atoms with van der Waals surface area (Å²) >= 11 is 1.83. The van der Waals surface area contributed by atoms with Crippen LogP contribution in [0.5, 0.6) is 5.75 Å². The lowest BCUT2D eigenvalue weighted by Gasteiger charge is -2.20. The van der Waals surface area contributed by atoms with Crippen molar-refractivity contribution in [2.45, 2.75) is 19.3 Å². The van der Waals surface area contributed by atoms with Crippen molar-refractivity contribution >= 4 is 28.7 Å². The van der Waals surface area contributed by atoms with E-state index in [9.17, 15) is 4.79 Å². The van der Waals surface area contributed by atoms with E-state index in [0.717, 1.165) is 38.1 Å². The van der Waals surface area contributed by atoms with Crippen LogP contribution in [0.2, 0.25) is 0 Å². The molecule has 0 fully saturated rings. The maximum absolute atomic E-state index is 12.3. The van der Waals surface area contributed by atoms with E-state index in [1.807, 2.05) is 55.3 Å². The van der Waals surface area contributed by atoms with Gasteiger partial charge in [0, 0.05) is 0 Å². The third-order valence-corrected chi connectivity index (χ3v) is 5.18. The Kier molecular flexibility index (Phi) is 6.73. The Morgan fingerprint density at radius 1 is 1.12 bits per heavy atom. The first kappa shape index (κ1) is 19.6. The number of carbonyl (C=O) groups excluding carboxylic acids is 1. The van der Waals surface area contributed by atoms with Gasteiger partial charge in [-0.25, -0.2) is 0 Å². The Labute approximate surface area is 154 Å². The molecule has 0 saturated heterocycles. The van der Waals surface area contributed by atoms with Gasteiger partial charge >= 0.3 is 5.97 Å². The van der Waals surface area contributed by atoms with Gasteiger partial charge in [-0.3, -0.25) is 8.68 Å². The average Bonchev–Trinajstić information content (AvgIpc) is 2.58. The highest BCUT2D eigenvalue weighted by atomic mass is 32.2. The van der Waals surface area contributed by atoms with Crippen LogP contribution in [0.4, 0.5) is 0 Å². The zero-order valence-electron chi connectivity index (χ0n) is 15.7. The fourth-order valence-corrected chi connectivity index (χ4v) is 3.26. The summed E-state index contributed by atoms with van der Waals surface area (Å²) in [6.07, 6.45) is 0.871. The Balaban J connectivity index is 1.91. The molecular weight excluding hydrogens is 334 g/mol. The number of ether oxygens (including phenoxy) is 2. The Bertz CT molecular complexity index is 724. The lowest BCUT2D eigenvalue weighted by Crippen LogP contribution is -2.25. The van der Waals surface area contributed by atoms with E-state index in [0.29, 0.717) is 6.61 Å². The summed E-state index contributed by atoms with van der Waals surface area (Å²) in [5.74, 6) is 1.38. The lowest BCUT2D eigenvalue weighted by atomic mass is 9.98. The van der Waals surface area contributed by atoms with Crippen molar-refractivity contribution in [3.05, 3.63) is 42.0 Å². The van der Waals surface area contributed by atoms with E-state index in [2.05, 4.69) is 21.1 Å². The van der Waals surface area contributed by atoms with E-state index >= 15 is 0 Å². The summed E-state index contributed by atoms with van der Waals surface area (Å²) in [6, 6.07) is 12.0. The molecule has 0 aromatic heterocycles. The summed E-state index contributed by atoms with van der Waals surface area (Å²) in [5, 5.41) is 2.19. The highest BCUT2D eigenvalue weighted by molar-refractivity contribution is 7.93. The van der Waals surface area contributed by atoms with Gasteiger partial charge in [0.15, 0.2) is 0 Å². The van der Waals surface area contributed by atoms with Crippen molar-refractivity contribution in [3.63, 3.8) is 0 Å². The second-order valence-corrected chi connectivity index (χ2v) is 8.70. The average molecular weight is 363 g/mol. The molecule has 136 valence electrons. The van der Waals surface area contributed by atoms with Crippen molar-refractivity contribution in [1.29, 1.82) is 0 Å². The predicted octanol–water partition coefficient (Wildman–Crippen LogP) is 4.24. The number of hydrogen-bond acceptors (Lipinski definition) is 4. The first-order valence-corrected chi connectivity index (χ1v) is 9.45. The second kappa shape index (κ2) is 8.59. The topological polar surface area (TPSA) is 35.5 Å². The molecule has 2 rings (SSSR count). The van der Waals surface area contributed by atoms with Gasteiger partial charge in [-0.1, -0.05) is 24.3 Å². The van der Waals surface area contributed by atoms with Gasteiger partial charge in [-0.05, 0) is 41.8 Å². The summed E-state index contributed by atoms with van der Waals surface area (Å²) in [4.78, 5) is 12.3. The lowest BCUT2D eigenvalue weighted by molar-refractivity contribution is -0.726. The monoisotopic (exact) mass is 362 g/mol. The van der Waals surface area contributed by atoms with Gasteiger partial charge in [0.2, 0.25) is 0 Å². The van der Waals surface area contributed by atoms with Crippen molar-refractivity contribution in [2.75, 3.05) is 40.6 Å². The minimum atomic E-state index is -0.266. The molecule has 1 atom stereocenters. The van der Waals surface area contributed by atoms with Crippen LogP contribution in [0.1, 0.15) is 24.8 Å². The summed E-state index contributed by atoms with van der Waals surface area (Å²) in [5.41, 5.74) is 0.975. The minimum Gasteiger partial charge on any atom is -0.497 e. The van der Waals surface area contributed by atoms with E-state index < -0.39 is 0 Å². The molecule has 2 aromatic rings. The molecule has 0 spiro atoms. The van der Waals surface area contributed by atoms with E-state index in [-0.39, 0.29) is 11.9 Å². The third kappa shape index (κ3) is 5.94. The van der Waals surface area contributed by atoms with Crippen LogP contribution < -0.4 is 4.74 Å². The Hall–Kier alpha value is -1.72. The number of benzene rings is 2. The standard InChI is InChI=1S/C20H28NO3S/c1-15(20(22)24-11-6-12-25-21(2,3)4)16-7-8-18-14-19(23-5)10-9-17(18)13-16/h7-10,13-15H,6,11-12H2,1-5H3/q+1/t15-/m0/s1. The zero-order valence-corrected chi connectivity index (χ0v) is 16.6. The molecule has 0 radical (unpaired) electrons. The molecule has 25 heavy (non-hydrogen) atoms. The van der Waals surface area contributed by atoms with E-state index in [1.165, 1.54) is 0 Å². The number of esters is 1. The van der Waals surface area contributed by atoms with Crippen molar-refractivity contribution < 1.29 is 18.2 Å². The molecule has 0 N–H and O–H groups in total. The molecule has 0 amide bonds. The van der Waals surface area contributed by atoms with Crippen molar-refractivity contribution in [3.8, 4) is 5.75 Å². The van der Waals surface area contributed by atoms with Crippen LogP contribution in [0.15, 0.2) is 36.4 Å². The van der Waals surface area contributed by atoms with Gasteiger partial charge in [-0.15, -0.1) is 0 Å². The van der Waals surface area contributed by atoms with Crippen LogP contribution in [0, 0.1) is 0 Å². The summed E-state index contributed by atoms with van der Waals surface area (Å²) in [6.45, 7) is 2.37. The molecule has 0 aliphatic heterocycles. The number of hydrogen-bond donors (Lipinski definition) is 0. The fraction of sp³-hybridized carbons (Fsp3) is 0.450. The fourth-order valence-electron chi connectivity index (χ4n) is 2.47. The van der Waals surface area contributed by atoms with Crippen LogP contribution in [0.25, 0.3) is 10.8 Å². The van der Waals surface area contributed by atoms with Crippen LogP contribution in [0.3, 0.4) is 0 Å². The van der Waals surface area contributed by atoms with Gasteiger partial charge in [0.05, 0.1) is 58.5 Å².